The number of anilines is 1. The summed E-state index contributed by atoms with van der Waals surface area (Å²) in [6.07, 6.45) is 2.89. The topological polar surface area (TPSA) is 29.5 Å². The molecule has 0 spiro atoms. The minimum absolute atomic E-state index is 0.265. The van der Waals surface area contributed by atoms with Crippen molar-refractivity contribution in [2.45, 2.75) is 39.2 Å². The zero-order valence-electron chi connectivity index (χ0n) is 13.8. The largest absolute Gasteiger partial charge is 0.457 e. The molecular formula is C20H23NO2. The van der Waals surface area contributed by atoms with Gasteiger partial charge >= 0.3 is 0 Å². The molecule has 0 bridgehead atoms. The molecule has 1 saturated heterocycles. The lowest BCUT2D eigenvalue weighted by molar-refractivity contribution is -0.117. The summed E-state index contributed by atoms with van der Waals surface area (Å²) < 4.78 is 5.95. The predicted molar refractivity (Wildman–Crippen MR) is 93.4 cm³/mol. The van der Waals surface area contributed by atoms with Crippen LogP contribution in [-0.2, 0) is 4.79 Å². The van der Waals surface area contributed by atoms with Crippen molar-refractivity contribution >= 4 is 11.5 Å². The number of carbonyl (C=O) groups is 1. The quantitative estimate of drug-likeness (QED) is 0.799. The summed E-state index contributed by atoms with van der Waals surface area (Å²) in [5, 5.41) is 0. The molecular weight excluding hydrogens is 286 g/mol. The number of Topliss-reactive ketones (excluding diaryl/α,β-unsaturated/α-hetero) is 1. The fraction of sp³-hybridized carbons (Fsp3) is 0.350. The van der Waals surface area contributed by atoms with E-state index in [0.717, 1.165) is 36.4 Å². The SMILES string of the molecule is CC(=O)CC1CCCN1c1ccc(Oc2ccccc2C)cc1. The first kappa shape index (κ1) is 15.6. The minimum atomic E-state index is 0.265. The molecule has 0 radical (unpaired) electrons. The summed E-state index contributed by atoms with van der Waals surface area (Å²) in [5.74, 6) is 1.99. The number of carbonyl (C=O) groups excluding carboxylic acids is 1. The number of nitrogens with zero attached hydrogens (tertiary/aromatic N) is 1. The van der Waals surface area contributed by atoms with Crippen LogP contribution in [0, 0.1) is 6.92 Å². The minimum Gasteiger partial charge on any atom is -0.457 e. The van der Waals surface area contributed by atoms with Crippen LogP contribution in [-0.4, -0.2) is 18.4 Å². The number of ketones is 1. The molecule has 3 heteroatoms. The van der Waals surface area contributed by atoms with E-state index >= 15 is 0 Å². The van der Waals surface area contributed by atoms with Gasteiger partial charge in [-0.1, -0.05) is 18.2 Å². The number of benzene rings is 2. The third-order valence-corrected chi connectivity index (χ3v) is 4.39. The van der Waals surface area contributed by atoms with Crippen LogP contribution >= 0.6 is 0 Å². The monoisotopic (exact) mass is 309 g/mol. The number of hydrogen-bond donors (Lipinski definition) is 0. The highest BCUT2D eigenvalue weighted by Gasteiger charge is 2.25. The molecule has 0 aliphatic carbocycles. The molecule has 3 rings (SSSR count). The molecule has 2 aromatic carbocycles. The molecule has 0 saturated carbocycles. The van der Waals surface area contributed by atoms with Gasteiger partial charge in [0.1, 0.15) is 17.3 Å². The van der Waals surface area contributed by atoms with Crippen molar-refractivity contribution in [3.63, 3.8) is 0 Å². The Labute approximate surface area is 137 Å². The summed E-state index contributed by atoms with van der Waals surface area (Å²) >= 11 is 0. The first-order chi connectivity index (χ1) is 11.1. The summed E-state index contributed by atoms with van der Waals surface area (Å²) in [4.78, 5) is 13.8. The highest BCUT2D eigenvalue weighted by atomic mass is 16.5. The van der Waals surface area contributed by atoms with E-state index < -0.39 is 0 Å². The molecule has 2 aromatic rings. The van der Waals surface area contributed by atoms with Crippen molar-refractivity contribution in [3.8, 4) is 11.5 Å². The van der Waals surface area contributed by atoms with Gasteiger partial charge in [0.05, 0.1) is 0 Å². The molecule has 0 amide bonds. The second kappa shape index (κ2) is 6.86. The Morgan fingerprint density at radius 2 is 1.91 bits per heavy atom. The Morgan fingerprint density at radius 3 is 2.61 bits per heavy atom. The van der Waals surface area contributed by atoms with Crippen LogP contribution in [0.5, 0.6) is 11.5 Å². The predicted octanol–water partition coefficient (Wildman–Crippen LogP) is 4.74. The van der Waals surface area contributed by atoms with Gasteiger partial charge in [-0.05, 0) is 62.6 Å². The van der Waals surface area contributed by atoms with E-state index in [9.17, 15) is 4.79 Å². The maximum Gasteiger partial charge on any atom is 0.131 e. The average molecular weight is 309 g/mol. The molecule has 0 N–H and O–H groups in total. The molecule has 1 atom stereocenters. The van der Waals surface area contributed by atoms with Crippen molar-refractivity contribution in [1.82, 2.24) is 0 Å². The Balaban J connectivity index is 1.72. The van der Waals surface area contributed by atoms with Crippen LogP contribution in [0.4, 0.5) is 5.69 Å². The van der Waals surface area contributed by atoms with Gasteiger partial charge in [-0.15, -0.1) is 0 Å². The zero-order valence-corrected chi connectivity index (χ0v) is 13.8. The number of para-hydroxylation sites is 1. The van der Waals surface area contributed by atoms with Gasteiger partial charge in [0, 0.05) is 24.7 Å². The van der Waals surface area contributed by atoms with E-state index in [4.69, 9.17) is 4.74 Å². The summed E-state index contributed by atoms with van der Waals surface area (Å²) in [5.41, 5.74) is 2.29. The molecule has 1 aliphatic heterocycles. The summed E-state index contributed by atoms with van der Waals surface area (Å²) in [6, 6.07) is 16.5. The van der Waals surface area contributed by atoms with Gasteiger partial charge in [-0.25, -0.2) is 0 Å². The van der Waals surface area contributed by atoms with Crippen molar-refractivity contribution in [2.24, 2.45) is 0 Å². The first-order valence-corrected chi connectivity index (χ1v) is 8.23. The third kappa shape index (κ3) is 3.73. The Morgan fingerprint density at radius 1 is 1.17 bits per heavy atom. The van der Waals surface area contributed by atoms with E-state index in [0.29, 0.717) is 12.5 Å². The average Bonchev–Trinajstić information content (AvgIpc) is 2.98. The Kier molecular flexibility index (Phi) is 4.65. The smallest absolute Gasteiger partial charge is 0.131 e. The van der Waals surface area contributed by atoms with Crippen LogP contribution in [0.1, 0.15) is 31.7 Å². The van der Waals surface area contributed by atoms with Gasteiger partial charge < -0.3 is 9.64 Å². The van der Waals surface area contributed by atoms with Crippen LogP contribution in [0.25, 0.3) is 0 Å². The number of ether oxygens (including phenoxy) is 1. The van der Waals surface area contributed by atoms with E-state index in [1.165, 1.54) is 5.69 Å². The highest BCUT2D eigenvalue weighted by molar-refractivity contribution is 5.77. The molecule has 1 unspecified atom stereocenters. The maximum absolute atomic E-state index is 11.4. The van der Waals surface area contributed by atoms with Gasteiger partial charge in [-0.2, -0.15) is 0 Å². The van der Waals surface area contributed by atoms with Crippen LogP contribution in [0.2, 0.25) is 0 Å². The molecule has 0 aromatic heterocycles. The number of rotatable bonds is 5. The lowest BCUT2D eigenvalue weighted by Crippen LogP contribution is -2.30. The Hall–Kier alpha value is -2.29. The molecule has 120 valence electrons. The van der Waals surface area contributed by atoms with Crippen LogP contribution in [0.3, 0.4) is 0 Å². The van der Waals surface area contributed by atoms with Gasteiger partial charge in [-0.3, -0.25) is 4.79 Å². The van der Waals surface area contributed by atoms with E-state index in [1.807, 2.05) is 43.3 Å². The Bertz CT molecular complexity index is 678. The number of hydrogen-bond acceptors (Lipinski definition) is 3. The maximum atomic E-state index is 11.4. The fourth-order valence-corrected chi connectivity index (χ4v) is 3.22. The second-order valence-corrected chi connectivity index (χ2v) is 6.26. The molecule has 1 aliphatic rings. The molecule has 23 heavy (non-hydrogen) atoms. The normalized spacial score (nSPS) is 17.3. The molecule has 3 nitrogen and oxygen atoms in total. The van der Waals surface area contributed by atoms with Crippen molar-refractivity contribution in [2.75, 3.05) is 11.4 Å². The van der Waals surface area contributed by atoms with E-state index in [1.54, 1.807) is 6.92 Å². The number of aryl methyl sites for hydroxylation is 1. The molecule has 1 fully saturated rings. The highest BCUT2D eigenvalue weighted by Crippen LogP contribution is 2.31. The van der Waals surface area contributed by atoms with Crippen molar-refractivity contribution in [3.05, 3.63) is 54.1 Å². The zero-order chi connectivity index (χ0) is 16.2. The first-order valence-electron chi connectivity index (χ1n) is 8.23. The van der Waals surface area contributed by atoms with Gasteiger partial charge in [0.15, 0.2) is 0 Å². The third-order valence-electron chi connectivity index (χ3n) is 4.39. The summed E-state index contributed by atoms with van der Waals surface area (Å²) in [7, 11) is 0. The van der Waals surface area contributed by atoms with Gasteiger partial charge in [0.25, 0.3) is 0 Å². The van der Waals surface area contributed by atoms with Crippen LogP contribution in [0.15, 0.2) is 48.5 Å². The van der Waals surface area contributed by atoms with Crippen LogP contribution < -0.4 is 9.64 Å². The van der Waals surface area contributed by atoms with Gasteiger partial charge in [0.2, 0.25) is 0 Å². The molecule has 1 heterocycles. The van der Waals surface area contributed by atoms with E-state index in [-0.39, 0.29) is 5.78 Å². The van der Waals surface area contributed by atoms with E-state index in [2.05, 4.69) is 17.0 Å². The summed E-state index contributed by atoms with van der Waals surface area (Å²) in [6.45, 7) is 4.74. The second-order valence-electron chi connectivity index (χ2n) is 6.26. The lowest BCUT2D eigenvalue weighted by atomic mass is 10.1. The lowest BCUT2D eigenvalue weighted by Gasteiger charge is -2.26. The van der Waals surface area contributed by atoms with Crippen molar-refractivity contribution < 1.29 is 9.53 Å². The fourth-order valence-electron chi connectivity index (χ4n) is 3.22. The standard InChI is InChI=1S/C20H23NO2/c1-15-6-3-4-8-20(15)23-19-11-9-17(10-12-19)21-13-5-7-18(21)14-16(2)22/h3-4,6,8-12,18H,5,7,13-14H2,1-2H3. The van der Waals surface area contributed by atoms with Crippen molar-refractivity contribution in [1.29, 1.82) is 0 Å².